The van der Waals surface area contributed by atoms with Crippen molar-refractivity contribution >= 4 is 39.2 Å². The lowest BCUT2D eigenvalue weighted by Crippen LogP contribution is -2.27. The third kappa shape index (κ3) is 3.93. The van der Waals surface area contributed by atoms with Crippen molar-refractivity contribution in [2.24, 2.45) is 0 Å². The fraction of sp³-hybridized carbons (Fsp3) is 0.150. The lowest BCUT2D eigenvalue weighted by atomic mass is 10.1. The monoisotopic (exact) mass is 413 g/mol. The second kappa shape index (κ2) is 8.12. The Bertz CT molecular complexity index is 1090. The first-order valence-corrected chi connectivity index (χ1v) is 10.4. The molecule has 0 saturated heterocycles. The topological polar surface area (TPSA) is 59.2 Å². The summed E-state index contributed by atoms with van der Waals surface area (Å²) >= 11 is 2.88. The molecule has 4 aromatic rings. The molecule has 0 spiro atoms. The number of fused-ring (bicyclic) bond motifs is 1. The van der Waals surface area contributed by atoms with Gasteiger partial charge in [0.25, 0.3) is 0 Å². The quantitative estimate of drug-likeness (QED) is 0.334. The Hall–Kier alpha value is -2.71. The van der Waals surface area contributed by atoms with Gasteiger partial charge in [-0.3, -0.25) is 4.79 Å². The van der Waals surface area contributed by atoms with E-state index < -0.39 is 0 Å². The van der Waals surface area contributed by atoms with Crippen LogP contribution in [-0.2, 0) is 11.3 Å². The smallest absolute Gasteiger partial charge is 0.233 e. The third-order valence-electron chi connectivity index (χ3n) is 4.22. The van der Waals surface area contributed by atoms with Crippen LogP contribution in [0.2, 0.25) is 0 Å². The highest BCUT2D eigenvalue weighted by molar-refractivity contribution is 8.00. The van der Waals surface area contributed by atoms with E-state index in [9.17, 15) is 9.18 Å². The van der Waals surface area contributed by atoms with Gasteiger partial charge < -0.3 is 9.32 Å². The summed E-state index contributed by atoms with van der Waals surface area (Å²) in [7, 11) is 1.75. The number of carbonyl (C=O) groups excluding carboxylic acids is 1. The van der Waals surface area contributed by atoms with Gasteiger partial charge >= 0.3 is 0 Å². The van der Waals surface area contributed by atoms with Crippen LogP contribution in [0, 0.1) is 5.82 Å². The molecule has 0 saturated carbocycles. The van der Waals surface area contributed by atoms with Gasteiger partial charge in [-0.05, 0) is 29.8 Å². The van der Waals surface area contributed by atoms with Crippen molar-refractivity contribution in [3.05, 3.63) is 65.9 Å². The van der Waals surface area contributed by atoms with Gasteiger partial charge in [0, 0.05) is 18.0 Å². The number of benzene rings is 1. The summed E-state index contributed by atoms with van der Waals surface area (Å²) in [4.78, 5) is 23.7. The van der Waals surface area contributed by atoms with Crippen LogP contribution in [-0.4, -0.2) is 33.6 Å². The molecule has 1 aromatic carbocycles. The largest absolute Gasteiger partial charge is 0.467 e. The lowest BCUT2D eigenvalue weighted by Gasteiger charge is -2.15. The first kappa shape index (κ1) is 18.6. The van der Waals surface area contributed by atoms with Crippen LogP contribution in [0.3, 0.4) is 0 Å². The van der Waals surface area contributed by atoms with Crippen molar-refractivity contribution in [2.45, 2.75) is 11.6 Å². The molecule has 0 atom stereocenters. The van der Waals surface area contributed by atoms with E-state index in [0.29, 0.717) is 6.54 Å². The first-order valence-electron chi connectivity index (χ1n) is 8.49. The Labute approximate surface area is 169 Å². The van der Waals surface area contributed by atoms with Gasteiger partial charge in [0.2, 0.25) is 5.91 Å². The van der Waals surface area contributed by atoms with Gasteiger partial charge in [0.15, 0.2) is 0 Å². The summed E-state index contributed by atoms with van der Waals surface area (Å²) in [5.41, 5.74) is 1.84. The molecule has 0 bridgehead atoms. The normalized spacial score (nSPS) is 11.1. The number of aromatic nitrogens is 2. The van der Waals surface area contributed by atoms with Crippen LogP contribution in [0.1, 0.15) is 5.76 Å². The van der Waals surface area contributed by atoms with Gasteiger partial charge in [-0.2, -0.15) is 0 Å². The van der Waals surface area contributed by atoms with Crippen molar-refractivity contribution in [2.75, 3.05) is 12.8 Å². The molecule has 0 N–H and O–H groups in total. The summed E-state index contributed by atoms with van der Waals surface area (Å²) in [6.07, 6.45) is 3.10. The van der Waals surface area contributed by atoms with Crippen molar-refractivity contribution in [1.29, 1.82) is 0 Å². The van der Waals surface area contributed by atoms with E-state index in [1.807, 2.05) is 11.4 Å². The SMILES string of the molecule is CN(Cc1ccco1)C(=O)CSc1ncnc2scc(-c3ccc(F)cc3)c12. The molecule has 0 unspecified atom stereocenters. The standard InChI is InChI=1S/C20H16FN3O2S2/c1-24(9-15-3-2-8-26-15)17(25)11-28-20-18-16(10-27-19(18)22-12-23-20)13-4-6-14(21)7-5-13/h2-8,10,12H,9,11H2,1H3. The summed E-state index contributed by atoms with van der Waals surface area (Å²) in [5.74, 6) is 0.690. The minimum atomic E-state index is -0.278. The van der Waals surface area contributed by atoms with E-state index in [0.717, 1.165) is 32.1 Å². The molecule has 0 aliphatic heterocycles. The minimum absolute atomic E-state index is 0.0216. The number of thioether (sulfide) groups is 1. The number of thiophene rings is 1. The molecule has 28 heavy (non-hydrogen) atoms. The van der Waals surface area contributed by atoms with Crippen molar-refractivity contribution in [1.82, 2.24) is 14.9 Å². The highest BCUT2D eigenvalue weighted by atomic mass is 32.2. The van der Waals surface area contributed by atoms with E-state index in [-0.39, 0.29) is 17.5 Å². The van der Waals surface area contributed by atoms with Crippen LogP contribution in [0.5, 0.6) is 0 Å². The van der Waals surface area contributed by atoms with E-state index in [4.69, 9.17) is 4.42 Å². The average molecular weight is 413 g/mol. The van der Waals surface area contributed by atoms with Crippen molar-refractivity contribution in [3.63, 3.8) is 0 Å². The third-order valence-corrected chi connectivity index (χ3v) is 6.08. The predicted octanol–water partition coefficient (Wildman–Crippen LogP) is 4.84. The fourth-order valence-corrected chi connectivity index (χ4v) is 4.70. The van der Waals surface area contributed by atoms with Crippen LogP contribution in [0.4, 0.5) is 4.39 Å². The molecule has 4 rings (SSSR count). The molecule has 8 heteroatoms. The van der Waals surface area contributed by atoms with Gasteiger partial charge in [0.05, 0.1) is 23.9 Å². The Morgan fingerprint density at radius 3 is 2.82 bits per heavy atom. The van der Waals surface area contributed by atoms with Gasteiger partial charge in [0.1, 0.15) is 27.8 Å². The average Bonchev–Trinajstić information content (AvgIpc) is 3.36. The number of rotatable bonds is 6. The zero-order valence-corrected chi connectivity index (χ0v) is 16.6. The molecule has 142 valence electrons. The van der Waals surface area contributed by atoms with Crippen LogP contribution >= 0.6 is 23.1 Å². The molecular formula is C20H16FN3O2S2. The zero-order chi connectivity index (χ0) is 19.5. The Morgan fingerprint density at radius 2 is 2.07 bits per heavy atom. The van der Waals surface area contributed by atoms with E-state index in [1.54, 1.807) is 36.4 Å². The summed E-state index contributed by atoms with van der Waals surface area (Å²) in [6, 6.07) is 9.98. The molecular weight excluding hydrogens is 397 g/mol. The maximum Gasteiger partial charge on any atom is 0.233 e. The maximum absolute atomic E-state index is 13.3. The number of amides is 1. The van der Waals surface area contributed by atoms with E-state index in [1.165, 1.54) is 41.6 Å². The molecule has 0 aliphatic carbocycles. The molecule has 0 radical (unpaired) electrons. The molecule has 3 heterocycles. The minimum Gasteiger partial charge on any atom is -0.467 e. The maximum atomic E-state index is 13.3. The Balaban J connectivity index is 1.54. The molecule has 5 nitrogen and oxygen atoms in total. The Morgan fingerprint density at radius 1 is 1.25 bits per heavy atom. The second-order valence-corrected chi connectivity index (χ2v) is 7.96. The summed E-state index contributed by atoms with van der Waals surface area (Å²) in [5, 5.41) is 3.62. The molecule has 0 fully saturated rings. The second-order valence-electron chi connectivity index (χ2n) is 6.13. The number of hydrogen-bond acceptors (Lipinski definition) is 6. The number of furan rings is 1. The molecule has 3 aromatic heterocycles. The number of carbonyl (C=O) groups is 1. The van der Waals surface area contributed by atoms with Crippen LogP contribution in [0.15, 0.2) is 63.8 Å². The van der Waals surface area contributed by atoms with Crippen molar-refractivity contribution < 1.29 is 13.6 Å². The highest BCUT2D eigenvalue weighted by Gasteiger charge is 2.16. The van der Waals surface area contributed by atoms with Gasteiger partial charge in [-0.1, -0.05) is 23.9 Å². The number of nitrogens with zero attached hydrogens (tertiary/aromatic N) is 3. The zero-order valence-electron chi connectivity index (χ0n) is 15.0. The lowest BCUT2D eigenvalue weighted by molar-refractivity contribution is -0.127. The van der Waals surface area contributed by atoms with Crippen molar-refractivity contribution in [3.8, 4) is 11.1 Å². The van der Waals surface area contributed by atoms with Crippen LogP contribution in [0.25, 0.3) is 21.3 Å². The highest BCUT2D eigenvalue weighted by Crippen LogP contribution is 2.37. The van der Waals surface area contributed by atoms with Gasteiger partial charge in [-0.15, -0.1) is 11.3 Å². The first-order chi connectivity index (χ1) is 13.6. The number of halogens is 1. The molecule has 0 aliphatic rings. The van der Waals surface area contributed by atoms with Crippen LogP contribution < -0.4 is 0 Å². The summed E-state index contributed by atoms with van der Waals surface area (Å²) < 4.78 is 18.6. The molecule has 1 amide bonds. The van der Waals surface area contributed by atoms with E-state index >= 15 is 0 Å². The fourth-order valence-electron chi connectivity index (χ4n) is 2.76. The Kier molecular flexibility index (Phi) is 5.40. The predicted molar refractivity (Wildman–Crippen MR) is 109 cm³/mol. The van der Waals surface area contributed by atoms with Gasteiger partial charge in [-0.25, -0.2) is 14.4 Å². The summed E-state index contributed by atoms with van der Waals surface area (Å²) in [6.45, 7) is 0.421. The number of hydrogen-bond donors (Lipinski definition) is 0. The van der Waals surface area contributed by atoms with E-state index in [2.05, 4.69) is 9.97 Å².